The average molecular weight is 287 g/mol. The first-order chi connectivity index (χ1) is 8.82. The molecule has 19 heavy (non-hydrogen) atoms. The standard InChI is InChI=1S/C13H25N3O2S/c1-6-16-12(5)13(11(4)15-16)10(3)14-8-9-19(17,18)7-2/h10,14H,6-9H2,1-5H3. The summed E-state index contributed by atoms with van der Waals surface area (Å²) in [6, 6.07) is 0.118. The van der Waals surface area contributed by atoms with Crippen molar-refractivity contribution in [3.05, 3.63) is 17.0 Å². The molecular formula is C13H25N3O2S. The molecule has 0 aliphatic carbocycles. The topological polar surface area (TPSA) is 64.0 Å². The predicted molar refractivity (Wildman–Crippen MR) is 78.1 cm³/mol. The number of aromatic nitrogens is 2. The quantitative estimate of drug-likeness (QED) is 0.827. The SMILES string of the molecule is CCn1nc(C)c(C(C)NCCS(=O)(=O)CC)c1C. The van der Waals surface area contributed by atoms with Gasteiger partial charge in [0, 0.05) is 36.1 Å². The van der Waals surface area contributed by atoms with Crippen LogP contribution in [-0.2, 0) is 16.4 Å². The zero-order chi connectivity index (χ0) is 14.6. The van der Waals surface area contributed by atoms with E-state index in [9.17, 15) is 8.42 Å². The molecule has 0 saturated heterocycles. The van der Waals surface area contributed by atoms with E-state index < -0.39 is 9.84 Å². The van der Waals surface area contributed by atoms with E-state index in [0.717, 1.165) is 17.9 Å². The van der Waals surface area contributed by atoms with Gasteiger partial charge in [-0.1, -0.05) is 6.92 Å². The van der Waals surface area contributed by atoms with Gasteiger partial charge in [-0.15, -0.1) is 0 Å². The minimum Gasteiger partial charge on any atom is -0.309 e. The van der Waals surface area contributed by atoms with Crippen molar-refractivity contribution in [1.29, 1.82) is 0 Å². The third kappa shape index (κ3) is 4.04. The molecule has 1 heterocycles. The second kappa shape index (κ2) is 6.52. The second-order valence-corrected chi connectivity index (χ2v) is 7.29. The van der Waals surface area contributed by atoms with Gasteiger partial charge in [0.15, 0.2) is 9.84 Å². The van der Waals surface area contributed by atoms with Crippen LogP contribution in [0.1, 0.15) is 43.8 Å². The van der Waals surface area contributed by atoms with E-state index in [1.807, 2.05) is 11.6 Å². The van der Waals surface area contributed by atoms with Gasteiger partial charge in [0.2, 0.25) is 0 Å². The molecule has 0 amide bonds. The maximum Gasteiger partial charge on any atom is 0.151 e. The summed E-state index contributed by atoms with van der Waals surface area (Å²) in [7, 11) is -2.90. The molecule has 0 radical (unpaired) electrons. The summed E-state index contributed by atoms with van der Waals surface area (Å²) in [6.07, 6.45) is 0. The number of rotatable bonds is 7. The smallest absolute Gasteiger partial charge is 0.151 e. The highest BCUT2D eigenvalue weighted by atomic mass is 32.2. The third-order valence-electron chi connectivity index (χ3n) is 3.47. The second-order valence-electron chi connectivity index (χ2n) is 4.81. The summed E-state index contributed by atoms with van der Waals surface area (Å²) in [4.78, 5) is 0. The largest absolute Gasteiger partial charge is 0.309 e. The summed E-state index contributed by atoms with van der Waals surface area (Å²) in [5.74, 6) is 0.392. The molecule has 0 bridgehead atoms. The molecule has 0 aromatic carbocycles. The normalized spacial score (nSPS) is 13.7. The van der Waals surface area contributed by atoms with Crippen LogP contribution in [0.3, 0.4) is 0 Å². The van der Waals surface area contributed by atoms with Crippen molar-refractivity contribution in [3.8, 4) is 0 Å². The van der Waals surface area contributed by atoms with Gasteiger partial charge in [-0.05, 0) is 27.7 Å². The van der Waals surface area contributed by atoms with Gasteiger partial charge in [-0.2, -0.15) is 5.10 Å². The molecule has 1 rings (SSSR count). The molecule has 5 nitrogen and oxygen atoms in total. The lowest BCUT2D eigenvalue weighted by Crippen LogP contribution is -2.27. The number of hydrogen-bond acceptors (Lipinski definition) is 4. The molecular weight excluding hydrogens is 262 g/mol. The van der Waals surface area contributed by atoms with E-state index in [1.54, 1.807) is 6.92 Å². The molecule has 1 unspecified atom stereocenters. The van der Waals surface area contributed by atoms with Crippen molar-refractivity contribution in [2.45, 2.75) is 47.2 Å². The van der Waals surface area contributed by atoms with Crippen molar-refractivity contribution in [2.75, 3.05) is 18.1 Å². The highest BCUT2D eigenvalue weighted by Crippen LogP contribution is 2.21. The average Bonchev–Trinajstić information content (AvgIpc) is 2.64. The Morgan fingerprint density at radius 2 is 1.95 bits per heavy atom. The Kier molecular flexibility index (Phi) is 5.55. The zero-order valence-corrected chi connectivity index (χ0v) is 13.3. The van der Waals surface area contributed by atoms with Gasteiger partial charge >= 0.3 is 0 Å². The van der Waals surface area contributed by atoms with Gasteiger partial charge < -0.3 is 5.32 Å². The summed E-state index contributed by atoms with van der Waals surface area (Å²) in [5, 5.41) is 7.76. The zero-order valence-electron chi connectivity index (χ0n) is 12.5. The van der Waals surface area contributed by atoms with E-state index in [1.165, 1.54) is 5.56 Å². The summed E-state index contributed by atoms with van der Waals surface area (Å²) >= 11 is 0. The van der Waals surface area contributed by atoms with Crippen molar-refractivity contribution in [2.24, 2.45) is 0 Å². The van der Waals surface area contributed by atoms with Gasteiger partial charge in [0.05, 0.1) is 11.4 Å². The number of nitrogens with one attached hydrogen (secondary N) is 1. The fourth-order valence-corrected chi connectivity index (χ4v) is 3.04. The molecule has 1 N–H and O–H groups in total. The van der Waals surface area contributed by atoms with Gasteiger partial charge in [-0.3, -0.25) is 4.68 Å². The van der Waals surface area contributed by atoms with Crippen LogP contribution in [0, 0.1) is 13.8 Å². The molecule has 0 fully saturated rings. The number of sulfone groups is 1. The maximum atomic E-state index is 11.4. The Labute approximate surface area is 116 Å². The maximum absolute atomic E-state index is 11.4. The Hall–Kier alpha value is -0.880. The van der Waals surface area contributed by atoms with E-state index in [2.05, 4.69) is 31.2 Å². The summed E-state index contributed by atoms with van der Waals surface area (Å²) < 4.78 is 24.9. The number of hydrogen-bond donors (Lipinski definition) is 1. The minimum absolute atomic E-state index is 0.118. The van der Waals surface area contributed by atoms with E-state index in [-0.39, 0.29) is 17.5 Å². The minimum atomic E-state index is -2.90. The predicted octanol–water partition coefficient (Wildman–Crippen LogP) is 1.61. The summed E-state index contributed by atoms with van der Waals surface area (Å²) in [5.41, 5.74) is 3.34. The van der Waals surface area contributed by atoms with Crippen molar-refractivity contribution in [1.82, 2.24) is 15.1 Å². The van der Waals surface area contributed by atoms with Gasteiger partial charge in [0.1, 0.15) is 0 Å². The number of nitrogens with zero attached hydrogens (tertiary/aromatic N) is 2. The first kappa shape index (κ1) is 16.2. The van der Waals surface area contributed by atoms with Crippen LogP contribution in [0.5, 0.6) is 0 Å². The van der Waals surface area contributed by atoms with E-state index in [0.29, 0.717) is 6.54 Å². The van der Waals surface area contributed by atoms with Gasteiger partial charge in [0.25, 0.3) is 0 Å². The molecule has 1 aromatic rings. The van der Waals surface area contributed by atoms with E-state index >= 15 is 0 Å². The molecule has 110 valence electrons. The highest BCUT2D eigenvalue weighted by molar-refractivity contribution is 7.91. The molecule has 1 atom stereocenters. The van der Waals surface area contributed by atoms with Crippen LogP contribution >= 0.6 is 0 Å². The van der Waals surface area contributed by atoms with Crippen LogP contribution in [0.25, 0.3) is 0 Å². The van der Waals surface area contributed by atoms with Crippen LogP contribution < -0.4 is 5.32 Å². The highest BCUT2D eigenvalue weighted by Gasteiger charge is 2.17. The molecule has 0 spiro atoms. The van der Waals surface area contributed by atoms with Crippen molar-refractivity contribution < 1.29 is 8.42 Å². The van der Waals surface area contributed by atoms with Crippen molar-refractivity contribution >= 4 is 9.84 Å². The first-order valence-electron chi connectivity index (χ1n) is 6.80. The van der Waals surface area contributed by atoms with Crippen LogP contribution in [0.2, 0.25) is 0 Å². The molecule has 0 aliphatic rings. The Morgan fingerprint density at radius 3 is 2.42 bits per heavy atom. The fraction of sp³-hybridized carbons (Fsp3) is 0.769. The monoisotopic (exact) mass is 287 g/mol. The number of aryl methyl sites for hydroxylation is 2. The van der Waals surface area contributed by atoms with Crippen molar-refractivity contribution in [3.63, 3.8) is 0 Å². The van der Waals surface area contributed by atoms with Crippen LogP contribution in [-0.4, -0.2) is 36.2 Å². The van der Waals surface area contributed by atoms with E-state index in [4.69, 9.17) is 0 Å². The first-order valence-corrected chi connectivity index (χ1v) is 8.62. The Bertz CT molecular complexity index is 520. The van der Waals surface area contributed by atoms with Gasteiger partial charge in [-0.25, -0.2) is 8.42 Å². The third-order valence-corrected chi connectivity index (χ3v) is 5.18. The Balaban J connectivity index is 2.69. The summed E-state index contributed by atoms with van der Waals surface area (Å²) in [6.45, 7) is 11.2. The molecule has 1 aromatic heterocycles. The lowest BCUT2D eigenvalue weighted by molar-refractivity contribution is 0.568. The van der Waals surface area contributed by atoms with Crippen LogP contribution in [0.15, 0.2) is 0 Å². The molecule has 0 saturated carbocycles. The Morgan fingerprint density at radius 1 is 1.32 bits per heavy atom. The van der Waals surface area contributed by atoms with Crippen LogP contribution in [0.4, 0.5) is 0 Å². The fourth-order valence-electron chi connectivity index (χ4n) is 2.32. The molecule has 0 aliphatic heterocycles. The molecule has 6 heteroatoms. The lowest BCUT2D eigenvalue weighted by Gasteiger charge is -2.14. The lowest BCUT2D eigenvalue weighted by atomic mass is 10.1.